The molecule has 3 fully saturated rings. The number of amides is 1. The maximum atomic E-state index is 13.1. The molecule has 1 N–H and O–H groups in total. The molecule has 3 saturated heterocycles. The minimum Gasteiger partial charge on any atom is -0.437 e. The molecule has 6 rings (SSSR count). The molecule has 1 aromatic carbocycles. The van der Waals surface area contributed by atoms with Gasteiger partial charge >= 0.3 is 7.05 Å². The Bertz CT molecular complexity index is 1280. The van der Waals surface area contributed by atoms with Crippen molar-refractivity contribution in [2.24, 2.45) is 17.8 Å². The molecule has 226 valence electrons. The van der Waals surface area contributed by atoms with E-state index < -0.39 is 0 Å². The first-order valence-corrected chi connectivity index (χ1v) is 17.8. The monoisotopic (exact) mass is 718 g/mol. The van der Waals surface area contributed by atoms with Crippen molar-refractivity contribution in [2.45, 2.75) is 70.7 Å². The Morgan fingerprint density at radius 3 is 2.33 bits per heavy atom. The van der Waals surface area contributed by atoms with Crippen LogP contribution in [0.2, 0.25) is 11.8 Å². The first kappa shape index (κ1) is 31.0. The average molecular weight is 721 g/mol. The van der Waals surface area contributed by atoms with Crippen LogP contribution in [0.3, 0.4) is 0 Å². The molecule has 1 aliphatic carbocycles. The molecule has 10 heteroatoms. The highest BCUT2D eigenvalue weighted by molar-refractivity contribution is 9.10. The summed E-state index contributed by atoms with van der Waals surface area (Å²) in [6.07, 6.45) is 11.2. The third-order valence-corrected chi connectivity index (χ3v) is 12.4. The van der Waals surface area contributed by atoms with E-state index in [9.17, 15) is 9.82 Å². The summed E-state index contributed by atoms with van der Waals surface area (Å²) in [6.45, 7) is 7.58. The topological polar surface area (TPSA) is 59.9 Å². The molecule has 42 heavy (non-hydrogen) atoms. The van der Waals surface area contributed by atoms with Gasteiger partial charge in [-0.1, -0.05) is 17.7 Å². The number of hydrogen-bond donors (Lipinski definition) is 1. The normalized spacial score (nSPS) is 23.4. The molecule has 6 nitrogen and oxygen atoms in total. The number of carbonyl (C=O) groups is 1. The average Bonchev–Trinajstić information content (AvgIpc) is 3.16. The molecule has 1 atom stereocenters. The number of halogens is 3. The van der Waals surface area contributed by atoms with Gasteiger partial charge in [-0.05, 0) is 163 Å². The predicted molar refractivity (Wildman–Crippen MR) is 177 cm³/mol. The Kier molecular flexibility index (Phi) is 10.0. The van der Waals surface area contributed by atoms with E-state index in [1.54, 1.807) is 0 Å². The molecule has 2 aromatic rings. The third-order valence-electron chi connectivity index (χ3n) is 10.5. The van der Waals surface area contributed by atoms with Crippen LogP contribution in [-0.4, -0.2) is 76.8 Å². The van der Waals surface area contributed by atoms with E-state index >= 15 is 0 Å². The first-order valence-electron chi connectivity index (χ1n) is 15.8. The maximum absolute atomic E-state index is 13.1. The summed E-state index contributed by atoms with van der Waals surface area (Å²) in [5, 5.41) is 10.6. The number of benzene rings is 1. The van der Waals surface area contributed by atoms with Crippen molar-refractivity contribution in [1.82, 2.24) is 19.6 Å². The van der Waals surface area contributed by atoms with Gasteiger partial charge in [0.1, 0.15) is 0 Å². The van der Waals surface area contributed by atoms with Crippen molar-refractivity contribution >= 4 is 56.4 Å². The van der Waals surface area contributed by atoms with Crippen molar-refractivity contribution in [1.29, 1.82) is 0 Å². The van der Waals surface area contributed by atoms with Gasteiger partial charge in [0, 0.05) is 34.7 Å². The van der Waals surface area contributed by atoms with Crippen molar-refractivity contribution in [2.75, 3.05) is 39.3 Å². The standard InChI is InChI=1S/C32H42BBr2ClN4O2/c1-33(42)40-16-6-21(7-17-40)18-29(41)38-12-8-22(9-13-38)23-10-14-39(15-11-23)32-27-4-5-28(36)30(35)26(27)3-2-24-19-25(34)20-37-31(24)32/h4-5,19-23,32,42H,2-3,6-18H2,1H3. The fourth-order valence-corrected chi connectivity index (χ4v) is 9.12. The fourth-order valence-electron chi connectivity index (χ4n) is 8.01. The molecule has 4 heterocycles. The predicted octanol–water partition coefficient (Wildman–Crippen LogP) is 6.61. The van der Waals surface area contributed by atoms with Crippen molar-refractivity contribution in [3.63, 3.8) is 0 Å². The highest BCUT2D eigenvalue weighted by Gasteiger charge is 2.37. The van der Waals surface area contributed by atoms with Crippen LogP contribution >= 0.6 is 43.5 Å². The largest absolute Gasteiger partial charge is 0.437 e. The van der Waals surface area contributed by atoms with E-state index in [-0.39, 0.29) is 13.1 Å². The van der Waals surface area contributed by atoms with Crippen molar-refractivity contribution in [3.8, 4) is 0 Å². The van der Waals surface area contributed by atoms with E-state index in [1.807, 2.05) is 19.1 Å². The number of rotatable bonds is 5. The molecule has 1 amide bonds. The van der Waals surface area contributed by atoms with Gasteiger partial charge in [0.15, 0.2) is 0 Å². The van der Waals surface area contributed by atoms with Crippen LogP contribution in [0.15, 0.2) is 33.3 Å². The molecule has 0 spiro atoms. The highest BCUT2D eigenvalue weighted by atomic mass is 79.9. The summed E-state index contributed by atoms with van der Waals surface area (Å²) in [7, 11) is -0.383. The van der Waals surface area contributed by atoms with Crippen LogP contribution in [0.25, 0.3) is 0 Å². The van der Waals surface area contributed by atoms with Crippen LogP contribution < -0.4 is 0 Å². The van der Waals surface area contributed by atoms with Gasteiger partial charge in [0.05, 0.1) is 16.8 Å². The minimum atomic E-state index is -0.383. The van der Waals surface area contributed by atoms with Crippen molar-refractivity contribution < 1.29 is 9.82 Å². The van der Waals surface area contributed by atoms with Gasteiger partial charge in [-0.3, -0.25) is 14.7 Å². The molecule has 1 unspecified atom stereocenters. The quantitative estimate of drug-likeness (QED) is 0.353. The van der Waals surface area contributed by atoms with Crippen molar-refractivity contribution in [3.05, 3.63) is 60.7 Å². The summed E-state index contributed by atoms with van der Waals surface area (Å²) in [5.74, 6) is 2.24. The molecule has 0 bridgehead atoms. The van der Waals surface area contributed by atoms with E-state index in [2.05, 4.69) is 58.6 Å². The number of fused-ring (bicyclic) bond motifs is 2. The second kappa shape index (κ2) is 13.6. The lowest BCUT2D eigenvalue weighted by Crippen LogP contribution is -2.45. The Hall–Kier alpha value is -0.965. The summed E-state index contributed by atoms with van der Waals surface area (Å²) in [6, 6.07) is 6.65. The smallest absolute Gasteiger partial charge is 0.376 e. The van der Waals surface area contributed by atoms with Gasteiger partial charge in [-0.25, -0.2) is 0 Å². The molecule has 0 radical (unpaired) electrons. The van der Waals surface area contributed by atoms with Gasteiger partial charge in [0.2, 0.25) is 5.91 Å². The number of carbonyl (C=O) groups excluding carboxylic acids is 1. The first-order chi connectivity index (χ1) is 20.3. The number of likely N-dealkylation sites (tertiary alicyclic amines) is 2. The van der Waals surface area contributed by atoms with Crippen LogP contribution in [0, 0.1) is 17.8 Å². The number of nitrogens with zero attached hydrogens (tertiary/aromatic N) is 4. The molecule has 1 aromatic heterocycles. The van der Waals surface area contributed by atoms with E-state index in [4.69, 9.17) is 16.6 Å². The Morgan fingerprint density at radius 1 is 1.00 bits per heavy atom. The summed E-state index contributed by atoms with van der Waals surface area (Å²) < 4.78 is 2.06. The number of aryl methyl sites for hydroxylation is 1. The molecular formula is C32H42BBr2ClN4O2. The fraction of sp³-hybridized carbons (Fsp3) is 0.625. The highest BCUT2D eigenvalue weighted by Crippen LogP contribution is 2.43. The zero-order chi connectivity index (χ0) is 29.4. The van der Waals surface area contributed by atoms with Gasteiger partial charge < -0.3 is 14.7 Å². The molecular weight excluding hydrogens is 678 g/mol. The Morgan fingerprint density at radius 2 is 1.67 bits per heavy atom. The van der Waals surface area contributed by atoms with Crippen LogP contribution in [0.1, 0.15) is 73.4 Å². The SMILES string of the molecule is CB(O)N1CCC(CC(=O)N2CCC(C3CCN(C4c5ccc(Cl)c(Br)c5CCc5cc(Br)cnc54)CC3)CC2)CC1. The second-order valence-electron chi connectivity index (χ2n) is 12.9. The van der Waals surface area contributed by atoms with E-state index in [1.165, 1.54) is 35.2 Å². The summed E-state index contributed by atoms with van der Waals surface area (Å²) >= 11 is 14.0. The maximum Gasteiger partial charge on any atom is 0.376 e. The summed E-state index contributed by atoms with van der Waals surface area (Å²) in [5.41, 5.74) is 5.16. The number of pyridine rings is 1. The number of hydrogen-bond acceptors (Lipinski definition) is 5. The lowest BCUT2D eigenvalue weighted by Gasteiger charge is -2.43. The van der Waals surface area contributed by atoms with Gasteiger partial charge in [0.25, 0.3) is 0 Å². The van der Waals surface area contributed by atoms with Crippen LogP contribution in [0.4, 0.5) is 0 Å². The number of aromatic nitrogens is 1. The summed E-state index contributed by atoms with van der Waals surface area (Å²) in [4.78, 5) is 25.0. The molecule has 3 aliphatic heterocycles. The Balaban J connectivity index is 1.06. The van der Waals surface area contributed by atoms with E-state index in [0.717, 1.165) is 97.7 Å². The lowest BCUT2D eigenvalue weighted by atomic mass is 9.78. The van der Waals surface area contributed by atoms with Gasteiger partial charge in [-0.2, -0.15) is 0 Å². The van der Waals surface area contributed by atoms with Gasteiger partial charge in [-0.15, -0.1) is 0 Å². The molecule has 0 saturated carbocycles. The van der Waals surface area contributed by atoms with Crippen LogP contribution in [-0.2, 0) is 17.6 Å². The number of piperidine rings is 3. The lowest BCUT2D eigenvalue weighted by molar-refractivity contribution is -0.134. The minimum absolute atomic E-state index is 0.145. The van der Waals surface area contributed by atoms with Crippen LogP contribution in [0.5, 0.6) is 0 Å². The van der Waals surface area contributed by atoms with E-state index in [0.29, 0.717) is 24.2 Å². The zero-order valence-electron chi connectivity index (χ0n) is 24.6. The second-order valence-corrected chi connectivity index (χ2v) is 15.1. The Labute approximate surface area is 273 Å². The third kappa shape index (κ3) is 6.67. The molecule has 4 aliphatic rings. The zero-order valence-corrected chi connectivity index (χ0v) is 28.5.